The predicted octanol–water partition coefficient (Wildman–Crippen LogP) is 6.97. The second-order valence-electron chi connectivity index (χ2n) is 5.79. The molecule has 0 atom stereocenters. The van der Waals surface area contributed by atoms with Crippen molar-refractivity contribution in [3.8, 4) is 0 Å². The van der Waals surface area contributed by atoms with Crippen LogP contribution in [0.15, 0.2) is 115 Å². The van der Waals surface area contributed by atoms with Gasteiger partial charge in [0.25, 0.3) is 0 Å². The van der Waals surface area contributed by atoms with Gasteiger partial charge in [-0.1, -0.05) is 47.9 Å². The van der Waals surface area contributed by atoms with Crippen molar-refractivity contribution in [2.75, 3.05) is 0 Å². The van der Waals surface area contributed by atoms with Crippen LogP contribution in [0, 0.1) is 0 Å². The van der Waals surface area contributed by atoms with Crippen molar-refractivity contribution in [1.82, 2.24) is 0 Å². The maximum Gasteiger partial charge on any atom is -0.0809 e. The van der Waals surface area contributed by atoms with Crippen LogP contribution in [0.3, 0.4) is 0 Å². The van der Waals surface area contributed by atoms with Crippen LogP contribution in [0.1, 0.15) is 0 Å². The van der Waals surface area contributed by atoms with Gasteiger partial charge in [0.2, 0.25) is 0 Å². The third kappa shape index (κ3) is 8.19. The fourth-order valence-corrected chi connectivity index (χ4v) is 2.59. The van der Waals surface area contributed by atoms with E-state index in [0.29, 0.717) is 0 Å². The molecule has 0 aliphatic heterocycles. The summed E-state index contributed by atoms with van der Waals surface area (Å²) in [5, 5.41) is 5.32. The van der Waals surface area contributed by atoms with Gasteiger partial charge in [-0.2, -0.15) is 35.0 Å². The van der Waals surface area contributed by atoms with Crippen LogP contribution in [0.5, 0.6) is 0 Å². The van der Waals surface area contributed by atoms with Gasteiger partial charge in [-0.3, -0.25) is 0 Å². The van der Waals surface area contributed by atoms with Crippen molar-refractivity contribution in [2.45, 2.75) is 0 Å². The van der Waals surface area contributed by atoms with Gasteiger partial charge in [-0.15, -0.1) is 59.3 Å². The quantitative estimate of drug-likeness (QED) is 0.166. The van der Waals surface area contributed by atoms with E-state index in [1.807, 2.05) is 30.3 Å². The minimum Gasteiger partial charge on any atom is -0.168 e. The number of hydrogen-bond acceptors (Lipinski definition) is 0. The van der Waals surface area contributed by atoms with Crippen LogP contribution in [-0.2, 0) is 20.8 Å². The molecule has 0 aromatic heterocycles. The van der Waals surface area contributed by atoms with E-state index < -0.39 is 20.8 Å². The summed E-state index contributed by atoms with van der Waals surface area (Å²) in [5.74, 6) is 0. The van der Waals surface area contributed by atoms with Gasteiger partial charge in [0.1, 0.15) is 7.85 Å². The fourth-order valence-electron chi connectivity index (χ4n) is 2.59. The van der Waals surface area contributed by atoms with Crippen LogP contribution in [-0.4, -0.2) is 7.85 Å². The molecule has 0 saturated carbocycles. The van der Waals surface area contributed by atoms with Crippen molar-refractivity contribution in [3.63, 3.8) is 0 Å². The Labute approximate surface area is 186 Å². The molecule has 0 amide bonds. The molecule has 0 heterocycles. The topological polar surface area (TPSA) is 0 Å². The predicted molar refractivity (Wildman–Crippen MR) is 123 cm³/mol. The van der Waals surface area contributed by atoms with Gasteiger partial charge in [0.05, 0.1) is 0 Å². The van der Waals surface area contributed by atoms with Gasteiger partial charge in [0, 0.05) is 0 Å². The molecular weight excluding hydrogens is 461 g/mol. The average Bonchev–Trinajstić information content (AvgIpc) is 3.39. The number of fused-ring (bicyclic) bond motifs is 2. The zero-order valence-electron chi connectivity index (χ0n) is 15.3. The Morgan fingerprint density at radius 2 is 0.964 bits per heavy atom. The second kappa shape index (κ2) is 13.6. The van der Waals surface area contributed by atoms with E-state index >= 15 is 0 Å². The summed E-state index contributed by atoms with van der Waals surface area (Å²) in [6.45, 7) is 0. The molecular formula is C24H19BCl2Zr. The molecule has 0 saturated heterocycles. The van der Waals surface area contributed by atoms with Gasteiger partial charge in [-0.05, 0) is 0 Å². The van der Waals surface area contributed by atoms with Crippen LogP contribution >= 0.6 is 17.0 Å². The Kier molecular flexibility index (Phi) is 11.0. The molecule has 0 spiro atoms. The van der Waals surface area contributed by atoms with E-state index in [1.54, 1.807) is 0 Å². The molecule has 28 heavy (non-hydrogen) atoms. The molecule has 136 valence electrons. The fraction of sp³-hybridized carbons (Fsp3) is 0. The minimum absolute atomic E-state index is 0.822. The second-order valence-corrected chi connectivity index (χ2v) is 9.52. The summed E-state index contributed by atoms with van der Waals surface area (Å²) in [7, 11) is 15.2. The first-order valence-electron chi connectivity index (χ1n) is 8.72. The minimum atomic E-state index is -0.826. The van der Waals surface area contributed by atoms with E-state index in [9.17, 15) is 0 Å². The molecule has 5 aromatic carbocycles. The Balaban J connectivity index is 0.000000142. The molecule has 0 nitrogen and oxygen atoms in total. The molecule has 0 aliphatic rings. The van der Waals surface area contributed by atoms with Crippen molar-refractivity contribution in [2.24, 2.45) is 0 Å². The van der Waals surface area contributed by atoms with Crippen molar-refractivity contribution >= 4 is 51.9 Å². The molecule has 0 fully saturated rings. The largest absolute Gasteiger partial charge is 0.168 e. The average molecular weight is 480 g/mol. The Bertz CT molecular complexity index is 912. The van der Waals surface area contributed by atoms with Gasteiger partial charge < -0.3 is 0 Å². The molecule has 5 aromatic rings. The van der Waals surface area contributed by atoms with Gasteiger partial charge in [-0.25, -0.2) is 0 Å². The van der Waals surface area contributed by atoms with Crippen molar-refractivity contribution in [1.29, 1.82) is 0 Å². The van der Waals surface area contributed by atoms with Crippen LogP contribution in [0.25, 0.3) is 21.5 Å². The van der Waals surface area contributed by atoms with Gasteiger partial charge in [0.15, 0.2) is 0 Å². The maximum atomic E-state index is 5.36. The Morgan fingerprint density at radius 3 is 1.32 bits per heavy atom. The molecule has 5 rings (SSSR count). The number of rotatable bonds is 0. The normalized spacial score (nSPS) is 9.07. The van der Waals surface area contributed by atoms with E-state index in [2.05, 4.69) is 84.9 Å². The van der Waals surface area contributed by atoms with Gasteiger partial charge >= 0.3 is 37.9 Å². The standard InChI is InChI=1S/2C9H7.C6H5B.2ClH.Zr/c2*1-2-5-9-7-3-6-8(9)4-1;7-6-4-2-1-3-5-6;;;/h2*1-7H;1-5H;2*1H;/q2*-1;;;;+4/p-2. The summed E-state index contributed by atoms with van der Waals surface area (Å²) in [6.07, 6.45) is 0. The first-order valence-corrected chi connectivity index (χ1v) is 15.1. The molecule has 0 N–H and O–H groups in total. The van der Waals surface area contributed by atoms with Crippen LogP contribution < -0.4 is 5.46 Å². The summed E-state index contributed by atoms with van der Waals surface area (Å²) in [6, 6.07) is 38.8. The van der Waals surface area contributed by atoms with E-state index in [0.717, 1.165) is 5.46 Å². The number of hydrogen-bond donors (Lipinski definition) is 0. The zero-order chi connectivity index (χ0) is 20.0. The summed E-state index contributed by atoms with van der Waals surface area (Å²) in [4.78, 5) is 0. The Hall–Kier alpha value is -1.59. The van der Waals surface area contributed by atoms with Crippen LogP contribution in [0.4, 0.5) is 0 Å². The van der Waals surface area contributed by atoms with E-state index in [4.69, 9.17) is 24.9 Å². The molecule has 0 bridgehead atoms. The first-order chi connectivity index (χ1) is 13.7. The Morgan fingerprint density at radius 1 is 0.571 bits per heavy atom. The summed E-state index contributed by atoms with van der Waals surface area (Å²) in [5.41, 5.74) is 0.822. The summed E-state index contributed by atoms with van der Waals surface area (Å²) < 4.78 is 0. The third-order valence-electron chi connectivity index (χ3n) is 3.89. The smallest absolute Gasteiger partial charge is 0.0809 e. The van der Waals surface area contributed by atoms with Crippen molar-refractivity contribution < 1.29 is 20.8 Å². The summed E-state index contributed by atoms with van der Waals surface area (Å²) >= 11 is -0.826. The number of benzene rings is 3. The SMILES string of the molecule is [B]c1ccccc1.[Cl][Zr+2][Cl].c1ccc2[cH-]ccc2c1.c1ccc2[cH-]ccc2c1. The first kappa shape index (κ1) is 22.7. The molecule has 4 heteroatoms. The van der Waals surface area contributed by atoms with Crippen LogP contribution in [0.2, 0.25) is 0 Å². The van der Waals surface area contributed by atoms with Crippen molar-refractivity contribution in [3.05, 3.63) is 115 Å². The maximum absolute atomic E-state index is 5.36. The molecule has 0 aliphatic carbocycles. The molecule has 2 radical (unpaired) electrons. The monoisotopic (exact) mass is 478 g/mol. The zero-order valence-corrected chi connectivity index (χ0v) is 19.3. The number of halogens is 2. The van der Waals surface area contributed by atoms with E-state index in [-0.39, 0.29) is 0 Å². The van der Waals surface area contributed by atoms with E-state index in [1.165, 1.54) is 21.5 Å². The molecule has 0 unspecified atom stereocenters. The third-order valence-corrected chi connectivity index (χ3v) is 3.89.